The summed E-state index contributed by atoms with van der Waals surface area (Å²) in [6.07, 6.45) is 1.37. The highest BCUT2D eigenvalue weighted by atomic mass is 16.4. The average Bonchev–Trinajstić information content (AvgIpc) is 2.51. The highest BCUT2D eigenvalue weighted by molar-refractivity contribution is 6.43. The number of nitrogens with one attached hydrogen (secondary N) is 1. The normalized spacial score (nSPS) is 11.8. The first-order valence-electron chi connectivity index (χ1n) is 7.04. The third kappa shape index (κ3) is 4.21. The smallest absolute Gasteiger partial charge is 0.475 e. The highest BCUT2D eigenvalue weighted by Gasteiger charge is 2.27. The molecule has 0 aliphatic carbocycles. The van der Waals surface area contributed by atoms with E-state index in [1.165, 1.54) is 18.3 Å². The number of pyridine rings is 1. The molecule has 2 rings (SSSR count). The molecule has 0 aliphatic heterocycles. The summed E-state index contributed by atoms with van der Waals surface area (Å²) in [5.41, 5.74) is 6.89. The van der Waals surface area contributed by atoms with Gasteiger partial charge in [0.1, 0.15) is 11.6 Å². The van der Waals surface area contributed by atoms with Crippen molar-refractivity contribution in [2.24, 2.45) is 0 Å². The Hall–Kier alpha value is -2.58. The molecular weight excluding hydrogens is 297 g/mol. The second-order valence-electron chi connectivity index (χ2n) is 5.25. The summed E-state index contributed by atoms with van der Waals surface area (Å²) in [5.74, 6) is -1.14. The zero-order valence-electron chi connectivity index (χ0n) is 12.6. The Morgan fingerprint density at radius 1 is 1.35 bits per heavy atom. The van der Waals surface area contributed by atoms with Gasteiger partial charge in [-0.25, -0.2) is 4.98 Å². The van der Waals surface area contributed by atoms with Gasteiger partial charge in [-0.2, -0.15) is 0 Å². The number of phenolic OH excluding ortho intramolecular Hbond substituents is 1. The van der Waals surface area contributed by atoms with Crippen molar-refractivity contribution >= 4 is 18.8 Å². The molecule has 0 aliphatic rings. The SMILES string of the molecule is Cc1cccc(C[C@H](NC(=O)c2ccc(N)nc2)B(O)O)c1O. The molecular formula is C15H18BN3O4. The van der Waals surface area contributed by atoms with Crippen LogP contribution in [0.3, 0.4) is 0 Å². The van der Waals surface area contributed by atoms with Crippen LogP contribution >= 0.6 is 0 Å². The molecule has 0 saturated heterocycles. The quantitative estimate of drug-likeness (QED) is 0.495. The van der Waals surface area contributed by atoms with Crippen LogP contribution in [0.25, 0.3) is 0 Å². The van der Waals surface area contributed by atoms with Crippen LogP contribution in [0.1, 0.15) is 21.5 Å². The van der Waals surface area contributed by atoms with Crippen molar-refractivity contribution in [1.82, 2.24) is 10.3 Å². The Kier molecular flexibility index (Phi) is 5.20. The fourth-order valence-corrected chi connectivity index (χ4v) is 2.14. The van der Waals surface area contributed by atoms with Crippen molar-refractivity contribution in [3.05, 3.63) is 53.2 Å². The number of para-hydroxylation sites is 1. The van der Waals surface area contributed by atoms with Crippen LogP contribution in [0, 0.1) is 6.92 Å². The number of phenols is 1. The van der Waals surface area contributed by atoms with Gasteiger partial charge in [0, 0.05) is 6.20 Å². The van der Waals surface area contributed by atoms with Crippen molar-refractivity contribution in [3.8, 4) is 5.75 Å². The summed E-state index contributed by atoms with van der Waals surface area (Å²) < 4.78 is 0. The van der Waals surface area contributed by atoms with E-state index in [1.807, 2.05) is 0 Å². The lowest BCUT2D eigenvalue weighted by Gasteiger charge is -2.19. The number of hydrogen-bond acceptors (Lipinski definition) is 6. The average molecular weight is 315 g/mol. The Morgan fingerprint density at radius 3 is 2.70 bits per heavy atom. The molecule has 23 heavy (non-hydrogen) atoms. The number of hydrogen-bond donors (Lipinski definition) is 5. The van der Waals surface area contributed by atoms with E-state index in [9.17, 15) is 19.9 Å². The number of amides is 1. The van der Waals surface area contributed by atoms with E-state index in [1.54, 1.807) is 25.1 Å². The third-order valence-electron chi connectivity index (χ3n) is 3.49. The fourth-order valence-electron chi connectivity index (χ4n) is 2.14. The van der Waals surface area contributed by atoms with Crippen LogP contribution in [0.4, 0.5) is 5.82 Å². The van der Waals surface area contributed by atoms with Gasteiger partial charge in [0.25, 0.3) is 5.91 Å². The molecule has 1 atom stereocenters. The molecule has 0 saturated carbocycles. The number of aromatic nitrogens is 1. The minimum absolute atomic E-state index is 0.0688. The van der Waals surface area contributed by atoms with Crippen molar-refractivity contribution in [1.29, 1.82) is 0 Å². The molecule has 2 aromatic rings. The van der Waals surface area contributed by atoms with Crippen molar-refractivity contribution in [2.75, 3.05) is 5.73 Å². The number of anilines is 1. The van der Waals surface area contributed by atoms with Crippen molar-refractivity contribution in [3.63, 3.8) is 0 Å². The molecule has 0 fully saturated rings. The van der Waals surface area contributed by atoms with E-state index >= 15 is 0 Å². The summed E-state index contributed by atoms with van der Waals surface area (Å²) in [6.45, 7) is 1.74. The number of rotatable bonds is 5. The predicted molar refractivity (Wildman–Crippen MR) is 86.6 cm³/mol. The van der Waals surface area contributed by atoms with Crippen LogP contribution in [0.15, 0.2) is 36.5 Å². The van der Waals surface area contributed by atoms with Gasteiger partial charge in [-0.05, 0) is 36.6 Å². The van der Waals surface area contributed by atoms with Crippen molar-refractivity contribution in [2.45, 2.75) is 19.3 Å². The standard InChI is InChI=1S/C15H18BN3O4/c1-9-3-2-4-10(14(9)20)7-12(16(22)23)19-15(21)11-5-6-13(17)18-8-11/h2-6,8,12,20,22-23H,7H2,1H3,(H2,17,18)(H,19,21)/t12-/m0/s1. The van der Waals surface area contributed by atoms with Gasteiger partial charge in [-0.1, -0.05) is 18.2 Å². The maximum Gasteiger partial charge on any atom is 0.475 e. The monoisotopic (exact) mass is 315 g/mol. The van der Waals surface area contributed by atoms with Gasteiger partial charge in [-0.3, -0.25) is 4.79 Å². The van der Waals surface area contributed by atoms with Crippen molar-refractivity contribution < 1.29 is 19.9 Å². The van der Waals surface area contributed by atoms with Gasteiger partial charge in [0.15, 0.2) is 0 Å². The second-order valence-corrected chi connectivity index (χ2v) is 5.25. The number of nitrogen functional groups attached to an aromatic ring is 1. The number of benzene rings is 1. The van der Waals surface area contributed by atoms with E-state index in [-0.39, 0.29) is 23.6 Å². The Balaban J connectivity index is 2.14. The minimum atomic E-state index is -1.78. The summed E-state index contributed by atoms with van der Waals surface area (Å²) in [4.78, 5) is 16.0. The Morgan fingerprint density at radius 2 is 2.09 bits per heavy atom. The third-order valence-corrected chi connectivity index (χ3v) is 3.49. The van der Waals surface area contributed by atoms with E-state index < -0.39 is 19.0 Å². The molecule has 0 bridgehead atoms. The van der Waals surface area contributed by atoms with Gasteiger partial charge >= 0.3 is 7.12 Å². The van der Waals surface area contributed by atoms with E-state index in [0.29, 0.717) is 11.1 Å². The maximum atomic E-state index is 12.1. The molecule has 1 amide bonds. The molecule has 1 aromatic heterocycles. The summed E-state index contributed by atoms with van der Waals surface area (Å²) in [6, 6.07) is 8.11. The summed E-state index contributed by atoms with van der Waals surface area (Å²) >= 11 is 0. The van der Waals surface area contributed by atoms with Crippen LogP contribution in [-0.2, 0) is 6.42 Å². The number of nitrogens with two attached hydrogens (primary N) is 1. The predicted octanol–water partition coefficient (Wildman–Crippen LogP) is 0.0309. The van der Waals surface area contributed by atoms with Gasteiger partial charge in [0.05, 0.1) is 11.5 Å². The number of nitrogens with zero attached hydrogens (tertiary/aromatic N) is 1. The van der Waals surface area contributed by atoms with Crippen LogP contribution in [0.5, 0.6) is 5.75 Å². The van der Waals surface area contributed by atoms with E-state index in [4.69, 9.17) is 5.73 Å². The molecule has 0 radical (unpaired) electrons. The zero-order chi connectivity index (χ0) is 17.0. The number of carbonyl (C=O) groups excluding carboxylic acids is 1. The molecule has 0 spiro atoms. The first kappa shape index (κ1) is 16.8. The minimum Gasteiger partial charge on any atom is -0.507 e. The molecule has 120 valence electrons. The Bertz CT molecular complexity index is 692. The van der Waals surface area contributed by atoms with Gasteiger partial charge < -0.3 is 26.2 Å². The lowest BCUT2D eigenvalue weighted by Crippen LogP contribution is -2.47. The number of carbonyl (C=O) groups is 1. The number of aryl methyl sites for hydroxylation is 1. The van der Waals surface area contributed by atoms with Crippen LogP contribution in [0.2, 0.25) is 0 Å². The first-order valence-corrected chi connectivity index (χ1v) is 7.04. The molecule has 8 heteroatoms. The summed E-state index contributed by atoms with van der Waals surface area (Å²) in [7, 11) is -1.78. The second kappa shape index (κ2) is 7.12. The lowest BCUT2D eigenvalue weighted by molar-refractivity contribution is 0.0941. The van der Waals surface area contributed by atoms with E-state index in [2.05, 4.69) is 10.3 Å². The Labute approximate surface area is 133 Å². The van der Waals surface area contributed by atoms with Gasteiger partial charge in [-0.15, -0.1) is 0 Å². The molecule has 6 N–H and O–H groups in total. The molecule has 1 heterocycles. The summed E-state index contributed by atoms with van der Waals surface area (Å²) in [5, 5.41) is 31.5. The molecule has 7 nitrogen and oxygen atoms in total. The van der Waals surface area contributed by atoms with Crippen LogP contribution < -0.4 is 11.1 Å². The maximum absolute atomic E-state index is 12.1. The lowest BCUT2D eigenvalue weighted by atomic mass is 9.75. The first-order chi connectivity index (χ1) is 10.9. The van der Waals surface area contributed by atoms with Crippen LogP contribution in [-0.4, -0.2) is 39.1 Å². The molecule has 0 unspecified atom stereocenters. The fraction of sp³-hybridized carbons (Fsp3) is 0.200. The highest BCUT2D eigenvalue weighted by Crippen LogP contribution is 2.23. The topological polar surface area (TPSA) is 129 Å². The molecule has 1 aromatic carbocycles. The largest absolute Gasteiger partial charge is 0.507 e. The number of aromatic hydroxyl groups is 1. The zero-order valence-corrected chi connectivity index (χ0v) is 12.6. The van der Waals surface area contributed by atoms with Gasteiger partial charge in [0.2, 0.25) is 0 Å². The van der Waals surface area contributed by atoms with E-state index in [0.717, 1.165) is 0 Å².